The van der Waals surface area contributed by atoms with Crippen LogP contribution in [0.25, 0.3) is 0 Å². The summed E-state index contributed by atoms with van der Waals surface area (Å²) in [6, 6.07) is 0. The molecule has 0 bridgehead atoms. The molecule has 1 rings (SSSR count). The first-order valence-corrected chi connectivity index (χ1v) is 17.2. The molecule has 34 heavy (non-hydrogen) atoms. The van der Waals surface area contributed by atoms with Crippen molar-refractivity contribution in [3.63, 3.8) is 0 Å². The second kappa shape index (κ2) is 23.5. The lowest BCUT2D eigenvalue weighted by molar-refractivity contribution is -0.187. The molecule has 0 aromatic carbocycles. The first kappa shape index (κ1) is 32.1. The Morgan fingerprint density at radius 2 is 1.59 bits per heavy atom. The van der Waals surface area contributed by atoms with Gasteiger partial charge in [-0.1, -0.05) is 103 Å². The molecule has 7 heteroatoms. The van der Waals surface area contributed by atoms with Crippen LogP contribution < -0.4 is 0 Å². The Labute approximate surface area is 216 Å². The largest absolute Gasteiger partial charge is 0.420 e. The van der Waals surface area contributed by atoms with Gasteiger partial charge in [-0.25, -0.2) is 0 Å². The van der Waals surface area contributed by atoms with E-state index in [1.807, 2.05) is 4.73 Å². The Hall–Kier alpha value is 0.0769. The zero-order chi connectivity index (χ0) is 24.7. The molecule has 2 unspecified atom stereocenters. The van der Waals surface area contributed by atoms with Crippen LogP contribution in [-0.4, -0.2) is 49.5 Å². The third kappa shape index (κ3) is 17.5. The van der Waals surface area contributed by atoms with E-state index in [1.54, 1.807) is 0 Å². The molecule has 5 nitrogen and oxygen atoms in total. The van der Waals surface area contributed by atoms with E-state index < -0.39 is 9.20 Å². The predicted molar refractivity (Wildman–Crippen MR) is 148 cm³/mol. The van der Waals surface area contributed by atoms with Crippen molar-refractivity contribution < 1.29 is 19.2 Å². The summed E-state index contributed by atoms with van der Waals surface area (Å²) in [5.41, 5.74) is 0.341. The van der Waals surface area contributed by atoms with Crippen LogP contribution >= 0.6 is 11.8 Å². The van der Waals surface area contributed by atoms with Crippen LogP contribution in [0.15, 0.2) is 0 Å². The van der Waals surface area contributed by atoms with Crippen LogP contribution in [0, 0.1) is 0 Å². The van der Waals surface area contributed by atoms with Crippen molar-refractivity contribution in [2.24, 2.45) is 0 Å². The van der Waals surface area contributed by atoms with Crippen molar-refractivity contribution in [2.45, 2.75) is 141 Å². The fourth-order valence-electron chi connectivity index (χ4n) is 4.58. The lowest BCUT2D eigenvalue weighted by Crippen LogP contribution is -2.45. The van der Waals surface area contributed by atoms with Crippen molar-refractivity contribution >= 4 is 26.1 Å². The number of hydrogen-bond donors (Lipinski definition) is 1. The molecule has 1 aliphatic heterocycles. The zero-order valence-corrected chi connectivity index (χ0v) is 24.4. The molecule has 1 N–H and O–H groups in total. The average Bonchev–Trinajstić information content (AvgIpc) is 2.83. The summed E-state index contributed by atoms with van der Waals surface area (Å²) >= 11 is 1.48. The number of nitrogens with zero attached hydrogens (tertiary/aromatic N) is 1. The Bertz CT molecular complexity index is 472. The van der Waals surface area contributed by atoms with E-state index in [1.165, 1.54) is 82.4 Å². The fraction of sp³-hybridized carbons (Fsp3) is 0.963. The van der Waals surface area contributed by atoms with Gasteiger partial charge in [-0.3, -0.25) is 9.63 Å². The normalized spacial score (nSPS) is 19.7. The van der Waals surface area contributed by atoms with Crippen molar-refractivity contribution in [2.75, 3.05) is 25.7 Å². The molecule has 0 radical (unpaired) electrons. The van der Waals surface area contributed by atoms with Crippen LogP contribution in [-0.2, 0) is 14.4 Å². The van der Waals surface area contributed by atoms with Crippen molar-refractivity contribution in [1.82, 2.24) is 4.73 Å². The van der Waals surface area contributed by atoms with Gasteiger partial charge in [0.25, 0.3) is 9.20 Å². The number of unbranched alkanes of at least 4 members (excludes halogenated alkanes) is 10. The molecular weight excluding hydrogens is 462 g/mol. The van der Waals surface area contributed by atoms with Gasteiger partial charge < -0.3 is 9.53 Å². The van der Waals surface area contributed by atoms with Gasteiger partial charge >= 0.3 is 0 Å². The van der Waals surface area contributed by atoms with E-state index >= 15 is 0 Å². The first-order valence-electron chi connectivity index (χ1n) is 14.5. The van der Waals surface area contributed by atoms with Crippen molar-refractivity contribution in [1.29, 1.82) is 0 Å². The van der Waals surface area contributed by atoms with Crippen molar-refractivity contribution in [3.8, 4) is 0 Å². The lowest BCUT2D eigenvalue weighted by atomic mass is 10.1. The number of hydroxylamine groups is 1. The van der Waals surface area contributed by atoms with E-state index in [9.17, 15) is 9.59 Å². The molecule has 0 amide bonds. The SMILES string of the molecule is CCCCCCCCCCCCOCON1CCCCCC(CCCSC(=O)CCCC)[SiH]1O. The molecule has 0 saturated carbocycles. The Morgan fingerprint density at radius 3 is 2.29 bits per heavy atom. The Balaban J connectivity index is 2.11. The Morgan fingerprint density at radius 1 is 0.912 bits per heavy atom. The minimum Gasteiger partial charge on any atom is -0.420 e. The van der Waals surface area contributed by atoms with Crippen LogP contribution in [0.4, 0.5) is 0 Å². The van der Waals surface area contributed by atoms with Gasteiger partial charge in [0.15, 0.2) is 11.9 Å². The number of thioether (sulfide) groups is 1. The molecule has 202 valence electrons. The van der Waals surface area contributed by atoms with Gasteiger partial charge in [-0.2, -0.15) is 4.73 Å². The van der Waals surface area contributed by atoms with Gasteiger partial charge in [0, 0.05) is 25.3 Å². The molecule has 2 atom stereocenters. The highest BCUT2D eigenvalue weighted by atomic mass is 32.2. The standard InChI is InChI=1S/C27H55NO4SSi/c1-3-5-7-8-9-10-11-12-13-17-23-31-25-32-28-22-16-14-15-19-26(34(28)30)20-18-24-33-27(29)21-6-4-2/h26,30,34H,3-25H2,1-2H3. The number of carbonyl (C=O) groups excluding carboxylic acids is 1. The lowest BCUT2D eigenvalue weighted by Gasteiger charge is -2.33. The molecule has 0 spiro atoms. The molecule has 0 aliphatic carbocycles. The second-order valence-corrected chi connectivity index (χ2v) is 13.5. The second-order valence-electron chi connectivity index (χ2n) is 9.97. The maximum absolute atomic E-state index is 11.9. The highest BCUT2D eigenvalue weighted by Crippen LogP contribution is 2.29. The van der Waals surface area contributed by atoms with Crippen LogP contribution in [0.2, 0.25) is 5.54 Å². The highest BCUT2D eigenvalue weighted by molar-refractivity contribution is 8.13. The van der Waals surface area contributed by atoms with Crippen LogP contribution in [0.5, 0.6) is 0 Å². The number of rotatable bonds is 21. The van der Waals surface area contributed by atoms with Crippen molar-refractivity contribution in [3.05, 3.63) is 0 Å². The molecule has 0 aromatic rings. The van der Waals surface area contributed by atoms with E-state index in [-0.39, 0.29) is 6.79 Å². The van der Waals surface area contributed by atoms with Gasteiger partial charge in [0.05, 0.1) is 0 Å². The maximum Gasteiger partial charge on any atom is 0.280 e. The summed E-state index contributed by atoms with van der Waals surface area (Å²) in [5.74, 6) is 0.878. The van der Waals surface area contributed by atoms with E-state index in [0.29, 0.717) is 17.1 Å². The summed E-state index contributed by atoms with van der Waals surface area (Å²) in [6.07, 6.45) is 22.6. The quantitative estimate of drug-likeness (QED) is 0.0966. The number of ether oxygens (including phenoxy) is 1. The molecule has 1 fully saturated rings. The third-order valence-electron chi connectivity index (χ3n) is 6.83. The van der Waals surface area contributed by atoms with E-state index in [0.717, 1.165) is 63.9 Å². The molecular formula is C27H55NO4SSi. The Kier molecular flexibility index (Phi) is 22.2. The maximum atomic E-state index is 11.9. The van der Waals surface area contributed by atoms with Gasteiger partial charge in [0.2, 0.25) is 0 Å². The van der Waals surface area contributed by atoms with Crippen LogP contribution in [0.1, 0.15) is 136 Å². The average molecular weight is 518 g/mol. The van der Waals surface area contributed by atoms with Gasteiger partial charge in [0.1, 0.15) is 0 Å². The minimum atomic E-state index is -2.14. The topological polar surface area (TPSA) is 59.0 Å². The van der Waals surface area contributed by atoms with Gasteiger partial charge in [-0.05, 0) is 44.1 Å². The predicted octanol–water partition coefficient (Wildman–Crippen LogP) is 7.50. The van der Waals surface area contributed by atoms with E-state index in [2.05, 4.69) is 13.8 Å². The van der Waals surface area contributed by atoms with Crippen LogP contribution in [0.3, 0.4) is 0 Å². The third-order valence-corrected chi connectivity index (χ3v) is 10.4. The summed E-state index contributed by atoms with van der Waals surface area (Å²) in [6.45, 7) is 6.21. The molecule has 1 heterocycles. The summed E-state index contributed by atoms with van der Waals surface area (Å²) in [7, 11) is -2.14. The molecule has 1 aliphatic rings. The first-order chi connectivity index (χ1) is 16.7. The molecule has 1 saturated heterocycles. The van der Waals surface area contributed by atoms with E-state index in [4.69, 9.17) is 9.57 Å². The minimum absolute atomic E-state index is 0.260. The molecule has 0 aromatic heterocycles. The summed E-state index contributed by atoms with van der Waals surface area (Å²) < 4.78 is 7.62. The fourth-order valence-corrected chi connectivity index (χ4v) is 7.61. The van der Waals surface area contributed by atoms with Gasteiger partial charge in [-0.15, -0.1) is 0 Å². The zero-order valence-electron chi connectivity index (χ0n) is 22.4. The highest BCUT2D eigenvalue weighted by Gasteiger charge is 2.30. The monoisotopic (exact) mass is 517 g/mol. The summed E-state index contributed by atoms with van der Waals surface area (Å²) in [4.78, 5) is 28.8. The number of hydrogen-bond acceptors (Lipinski definition) is 6. The summed E-state index contributed by atoms with van der Waals surface area (Å²) in [5, 5.41) is 0.321. The smallest absolute Gasteiger partial charge is 0.280 e. The number of carbonyl (C=O) groups is 1.